The van der Waals surface area contributed by atoms with E-state index in [1.165, 1.54) is 23.2 Å². The molecule has 0 unspecified atom stereocenters. The highest BCUT2D eigenvalue weighted by Crippen LogP contribution is 2.29. The number of nitrogens with zero attached hydrogens (tertiary/aromatic N) is 4. The highest BCUT2D eigenvalue weighted by Gasteiger charge is 2.31. The van der Waals surface area contributed by atoms with E-state index >= 15 is 0 Å². The zero-order valence-corrected chi connectivity index (χ0v) is 28.7. The van der Waals surface area contributed by atoms with Crippen molar-refractivity contribution < 1.29 is 32.6 Å². The minimum Gasteiger partial charge on any atom is -0.490 e. The van der Waals surface area contributed by atoms with Crippen LogP contribution >= 0.6 is 0 Å². The van der Waals surface area contributed by atoms with Crippen molar-refractivity contribution in [3.63, 3.8) is 0 Å². The first-order valence-corrected chi connectivity index (χ1v) is 17.5. The molecule has 2 N–H and O–H groups in total. The maximum atomic E-state index is 14.3. The average Bonchev–Trinajstić information content (AvgIpc) is 3.50. The predicted molar refractivity (Wildman–Crippen MR) is 179 cm³/mol. The number of aliphatic hydroxyl groups is 1. The van der Waals surface area contributed by atoms with Gasteiger partial charge in [-0.2, -0.15) is 8.42 Å². The molecule has 47 heavy (non-hydrogen) atoms. The number of rotatable bonds is 9. The van der Waals surface area contributed by atoms with Gasteiger partial charge in [0, 0.05) is 51.6 Å². The van der Waals surface area contributed by atoms with Crippen LogP contribution in [0.3, 0.4) is 0 Å². The van der Waals surface area contributed by atoms with E-state index < -0.39 is 22.0 Å². The molecular weight excluding hydrogens is 622 g/mol. The molecule has 1 aliphatic rings. The number of imidazole rings is 1. The second-order valence-electron chi connectivity index (χ2n) is 12.4. The second kappa shape index (κ2) is 16.2. The molecule has 4 atom stereocenters. The smallest absolute Gasteiger partial charge is 0.280 e. The van der Waals surface area contributed by atoms with Crippen LogP contribution in [0.4, 0.5) is 5.69 Å². The Hall–Kier alpha value is -3.94. The molecule has 0 radical (unpaired) electrons. The molecule has 1 aliphatic heterocycles. The van der Waals surface area contributed by atoms with Crippen LogP contribution in [0.1, 0.15) is 56.0 Å². The van der Waals surface area contributed by atoms with Gasteiger partial charge in [-0.25, -0.2) is 4.98 Å². The van der Waals surface area contributed by atoms with Crippen molar-refractivity contribution in [1.82, 2.24) is 19.4 Å². The van der Waals surface area contributed by atoms with E-state index in [0.29, 0.717) is 25.3 Å². The summed E-state index contributed by atoms with van der Waals surface area (Å²) in [7, 11) is -0.593. The number of amides is 2. The van der Waals surface area contributed by atoms with Crippen molar-refractivity contribution in [3.8, 4) is 5.75 Å². The lowest BCUT2D eigenvalue weighted by Crippen LogP contribution is -2.48. The third-order valence-electron chi connectivity index (χ3n) is 8.34. The van der Waals surface area contributed by atoms with Crippen LogP contribution in [0.25, 0.3) is 0 Å². The van der Waals surface area contributed by atoms with Gasteiger partial charge in [0.2, 0.25) is 5.91 Å². The van der Waals surface area contributed by atoms with Gasteiger partial charge in [-0.05, 0) is 56.9 Å². The number of ether oxygens (including phenoxy) is 2. The Bertz CT molecular complexity index is 1600. The molecule has 0 spiro atoms. The van der Waals surface area contributed by atoms with Crippen LogP contribution in [0.5, 0.6) is 5.75 Å². The van der Waals surface area contributed by atoms with Crippen LogP contribution in [0.15, 0.2) is 66.1 Å². The van der Waals surface area contributed by atoms with Crippen LogP contribution in [-0.2, 0) is 33.0 Å². The molecule has 4 rings (SSSR count). The van der Waals surface area contributed by atoms with E-state index in [-0.39, 0.29) is 59.9 Å². The Morgan fingerprint density at radius 1 is 1.17 bits per heavy atom. The van der Waals surface area contributed by atoms with Gasteiger partial charge in [0.15, 0.2) is 5.03 Å². The number of aliphatic hydroxyl groups excluding tert-OH is 1. The quantitative estimate of drug-likeness (QED) is 0.351. The van der Waals surface area contributed by atoms with Gasteiger partial charge in [-0.1, -0.05) is 37.3 Å². The number of hydrogen-bond acceptors (Lipinski definition) is 8. The monoisotopic (exact) mass is 669 g/mol. The SMILES string of the molecule is C[C@H](CO)N1C[C@H](C)[C@H](CN(C)C(=O)Cc2ccccc2)OCCCC[C@H](C)Oc2ccc(NS(=O)(=O)c3cn(C)cn3)cc2C1=O. The summed E-state index contributed by atoms with van der Waals surface area (Å²) in [5.41, 5.74) is 1.26. The van der Waals surface area contributed by atoms with E-state index in [2.05, 4.69) is 9.71 Å². The van der Waals surface area contributed by atoms with Gasteiger partial charge < -0.3 is 28.9 Å². The third kappa shape index (κ3) is 9.78. The molecule has 12 nitrogen and oxygen atoms in total. The summed E-state index contributed by atoms with van der Waals surface area (Å²) in [5, 5.41) is 10.0. The standard InChI is InChI=1S/C34H47N5O7S/c1-24-19-39(25(2)22-40)34(42)29-18-28(36-47(43,44)32-21-37(4)23-35-32)14-15-30(29)46-26(3)11-9-10-16-45-31(24)20-38(5)33(41)17-27-12-7-6-8-13-27/h6-8,12-15,18,21,23-26,31,36,40H,9-11,16-17,19-20,22H2,1-5H3/t24-,25+,26-,31-/m0/s1. The zero-order valence-electron chi connectivity index (χ0n) is 27.8. The Morgan fingerprint density at radius 3 is 2.60 bits per heavy atom. The number of nitrogens with one attached hydrogen (secondary N) is 1. The number of benzene rings is 2. The first-order chi connectivity index (χ1) is 22.4. The number of carbonyl (C=O) groups excluding carboxylic acids is 2. The summed E-state index contributed by atoms with van der Waals surface area (Å²) in [4.78, 5) is 34.6. The highest BCUT2D eigenvalue weighted by atomic mass is 32.2. The largest absolute Gasteiger partial charge is 0.490 e. The molecule has 0 saturated heterocycles. The van der Waals surface area contributed by atoms with Gasteiger partial charge in [-0.3, -0.25) is 14.3 Å². The Kier molecular flexibility index (Phi) is 12.4. The summed E-state index contributed by atoms with van der Waals surface area (Å²) in [6.45, 7) is 6.37. The molecule has 0 bridgehead atoms. The average molecular weight is 670 g/mol. The van der Waals surface area contributed by atoms with Gasteiger partial charge in [-0.15, -0.1) is 0 Å². The van der Waals surface area contributed by atoms with Gasteiger partial charge >= 0.3 is 0 Å². The van der Waals surface area contributed by atoms with Crippen molar-refractivity contribution in [3.05, 3.63) is 72.2 Å². The molecule has 0 aliphatic carbocycles. The number of aromatic nitrogens is 2. The van der Waals surface area contributed by atoms with Crippen molar-refractivity contribution in [2.75, 3.05) is 38.1 Å². The third-order valence-corrected chi connectivity index (χ3v) is 9.60. The minimum atomic E-state index is -4.02. The first kappa shape index (κ1) is 35.9. The van der Waals surface area contributed by atoms with E-state index in [1.54, 1.807) is 43.0 Å². The van der Waals surface area contributed by atoms with E-state index in [4.69, 9.17) is 9.47 Å². The normalized spacial score (nSPS) is 20.4. The lowest BCUT2D eigenvalue weighted by atomic mass is 10.0. The van der Waals surface area contributed by atoms with E-state index in [0.717, 1.165) is 18.4 Å². The van der Waals surface area contributed by atoms with Crippen LogP contribution in [0, 0.1) is 5.92 Å². The Balaban J connectivity index is 1.62. The number of fused-ring (bicyclic) bond motifs is 1. The Morgan fingerprint density at radius 2 is 1.91 bits per heavy atom. The summed E-state index contributed by atoms with van der Waals surface area (Å²) in [6.07, 6.45) is 4.74. The maximum absolute atomic E-state index is 14.3. The number of carbonyl (C=O) groups is 2. The molecule has 2 aromatic carbocycles. The summed E-state index contributed by atoms with van der Waals surface area (Å²) in [5.74, 6) is -0.369. The van der Waals surface area contributed by atoms with Crippen molar-refractivity contribution >= 4 is 27.5 Å². The number of anilines is 1. The minimum absolute atomic E-state index is 0.0383. The maximum Gasteiger partial charge on any atom is 0.280 e. The first-order valence-electron chi connectivity index (χ1n) is 16.0. The summed E-state index contributed by atoms with van der Waals surface area (Å²) >= 11 is 0. The van der Waals surface area contributed by atoms with Crippen LogP contribution in [0.2, 0.25) is 0 Å². The molecular formula is C34H47N5O7S. The Labute approximate surface area is 277 Å². The van der Waals surface area contributed by atoms with Gasteiger partial charge in [0.25, 0.3) is 15.9 Å². The summed E-state index contributed by atoms with van der Waals surface area (Å²) in [6, 6.07) is 13.6. The van der Waals surface area contributed by atoms with Crippen LogP contribution in [-0.4, -0.2) is 96.3 Å². The van der Waals surface area contributed by atoms with Gasteiger partial charge in [0.1, 0.15) is 5.75 Å². The molecule has 2 amide bonds. The zero-order chi connectivity index (χ0) is 34.1. The fourth-order valence-electron chi connectivity index (χ4n) is 5.46. The van der Waals surface area contributed by atoms with Crippen molar-refractivity contribution in [2.45, 2.75) is 69.7 Å². The number of likely N-dealkylation sites (N-methyl/N-ethyl adjacent to an activating group) is 1. The van der Waals surface area contributed by atoms with Gasteiger partial charge in [0.05, 0.1) is 43.2 Å². The molecule has 0 fully saturated rings. The molecule has 1 aromatic heterocycles. The molecule has 3 aromatic rings. The van der Waals surface area contributed by atoms with Crippen molar-refractivity contribution in [1.29, 1.82) is 0 Å². The number of hydrogen-bond donors (Lipinski definition) is 2. The highest BCUT2D eigenvalue weighted by molar-refractivity contribution is 7.92. The fourth-order valence-corrected chi connectivity index (χ4v) is 6.49. The fraction of sp³-hybridized carbons (Fsp3) is 0.500. The second-order valence-corrected chi connectivity index (χ2v) is 14.1. The number of aryl methyl sites for hydroxylation is 1. The van der Waals surface area contributed by atoms with Crippen LogP contribution < -0.4 is 9.46 Å². The lowest BCUT2D eigenvalue weighted by molar-refractivity contribution is -0.131. The molecule has 0 saturated carbocycles. The predicted octanol–water partition coefficient (Wildman–Crippen LogP) is 3.72. The van der Waals surface area contributed by atoms with E-state index in [9.17, 15) is 23.1 Å². The molecule has 2 heterocycles. The number of sulfonamides is 1. The molecule has 13 heteroatoms. The van der Waals surface area contributed by atoms with E-state index in [1.807, 2.05) is 44.2 Å². The topological polar surface area (TPSA) is 143 Å². The van der Waals surface area contributed by atoms with Crippen molar-refractivity contribution in [2.24, 2.45) is 13.0 Å². The summed E-state index contributed by atoms with van der Waals surface area (Å²) < 4.78 is 42.7. The molecule has 256 valence electrons. The lowest BCUT2D eigenvalue weighted by Gasteiger charge is -2.36.